The molecule has 2 unspecified atom stereocenters. The summed E-state index contributed by atoms with van der Waals surface area (Å²) in [4.78, 5) is 4.51. The maximum Gasteiger partial charge on any atom is 0.0891 e. The van der Waals surface area contributed by atoms with Gasteiger partial charge in [-0.2, -0.15) is 0 Å². The van der Waals surface area contributed by atoms with Gasteiger partial charge in [-0.3, -0.25) is 4.98 Å². The van der Waals surface area contributed by atoms with Crippen LogP contribution in [0.4, 0.5) is 0 Å². The van der Waals surface area contributed by atoms with Crippen LogP contribution in [0.2, 0.25) is 0 Å². The number of rotatable bonds is 7. The van der Waals surface area contributed by atoms with Gasteiger partial charge >= 0.3 is 0 Å². The molecule has 0 bridgehead atoms. The Morgan fingerprint density at radius 2 is 2.19 bits per heavy atom. The van der Waals surface area contributed by atoms with Gasteiger partial charge in [-0.25, -0.2) is 0 Å². The van der Waals surface area contributed by atoms with Crippen molar-refractivity contribution in [2.75, 3.05) is 6.54 Å². The van der Waals surface area contributed by atoms with E-state index < -0.39 is 0 Å². The second kappa shape index (κ2) is 8.50. The van der Waals surface area contributed by atoms with Crippen LogP contribution >= 0.6 is 0 Å². The van der Waals surface area contributed by atoms with Gasteiger partial charge in [0.05, 0.1) is 18.4 Å². The van der Waals surface area contributed by atoms with Crippen molar-refractivity contribution in [3.8, 4) is 0 Å². The maximum atomic E-state index is 6.01. The summed E-state index contributed by atoms with van der Waals surface area (Å²) in [6.07, 6.45) is 7.48. The van der Waals surface area contributed by atoms with Crippen LogP contribution in [0.1, 0.15) is 57.7 Å². The number of nitrogens with zero attached hydrogens (tertiary/aromatic N) is 1. The molecule has 1 aliphatic rings. The third-order valence-corrected chi connectivity index (χ3v) is 4.12. The molecule has 0 saturated heterocycles. The molecule has 3 nitrogen and oxygen atoms in total. The highest BCUT2D eigenvalue weighted by Crippen LogP contribution is 2.26. The van der Waals surface area contributed by atoms with Gasteiger partial charge in [-0.05, 0) is 42.9 Å². The molecule has 0 aliphatic heterocycles. The summed E-state index contributed by atoms with van der Waals surface area (Å²) in [6, 6.07) is 4.25. The number of ether oxygens (including phenoxy) is 1. The smallest absolute Gasteiger partial charge is 0.0891 e. The molecule has 21 heavy (non-hydrogen) atoms. The minimum absolute atomic E-state index is 0.433. The number of nitrogens with one attached hydrogen (secondary N) is 1. The topological polar surface area (TPSA) is 34.1 Å². The van der Waals surface area contributed by atoms with Crippen molar-refractivity contribution in [3.05, 3.63) is 29.6 Å². The lowest BCUT2D eigenvalue weighted by atomic mass is 9.89. The van der Waals surface area contributed by atoms with E-state index in [2.05, 4.69) is 43.2 Å². The van der Waals surface area contributed by atoms with Gasteiger partial charge in [-0.15, -0.1) is 0 Å². The van der Waals surface area contributed by atoms with Crippen molar-refractivity contribution in [2.24, 2.45) is 11.8 Å². The summed E-state index contributed by atoms with van der Waals surface area (Å²) in [5.41, 5.74) is 2.28. The fraction of sp³-hybridized carbons (Fsp3) is 0.722. The fourth-order valence-electron chi connectivity index (χ4n) is 2.88. The van der Waals surface area contributed by atoms with E-state index in [0.717, 1.165) is 24.7 Å². The Labute approximate surface area is 129 Å². The van der Waals surface area contributed by atoms with Crippen LogP contribution in [0, 0.1) is 11.8 Å². The van der Waals surface area contributed by atoms with E-state index in [1.54, 1.807) is 0 Å². The van der Waals surface area contributed by atoms with Crippen LogP contribution in [0.5, 0.6) is 0 Å². The fourth-order valence-corrected chi connectivity index (χ4v) is 2.88. The molecule has 0 amide bonds. The second-order valence-electron chi connectivity index (χ2n) is 6.89. The third-order valence-electron chi connectivity index (χ3n) is 4.12. The van der Waals surface area contributed by atoms with Crippen molar-refractivity contribution >= 4 is 0 Å². The lowest BCUT2D eigenvalue weighted by Gasteiger charge is -2.26. The van der Waals surface area contributed by atoms with Crippen molar-refractivity contribution in [2.45, 2.75) is 65.7 Å². The number of pyridine rings is 1. The summed E-state index contributed by atoms with van der Waals surface area (Å²) in [5.74, 6) is 1.50. The number of hydrogen-bond acceptors (Lipinski definition) is 3. The summed E-state index contributed by atoms with van der Waals surface area (Å²) >= 11 is 0. The van der Waals surface area contributed by atoms with E-state index in [1.165, 1.54) is 31.2 Å². The molecule has 2 atom stereocenters. The highest BCUT2D eigenvalue weighted by Gasteiger charge is 2.19. The van der Waals surface area contributed by atoms with Crippen molar-refractivity contribution < 1.29 is 4.74 Å². The monoisotopic (exact) mass is 290 g/mol. The van der Waals surface area contributed by atoms with Crippen LogP contribution < -0.4 is 5.32 Å². The normalized spacial score (nSPS) is 22.7. The number of hydrogen-bond donors (Lipinski definition) is 1. The Morgan fingerprint density at radius 3 is 2.86 bits per heavy atom. The SMILES string of the molecule is CC(C)CNCc1ccc(COC2CCCC(C)C2)nc1. The minimum Gasteiger partial charge on any atom is -0.372 e. The highest BCUT2D eigenvalue weighted by molar-refractivity contribution is 5.13. The second-order valence-corrected chi connectivity index (χ2v) is 6.89. The van der Waals surface area contributed by atoms with E-state index in [1.807, 2.05) is 6.20 Å². The minimum atomic E-state index is 0.433. The van der Waals surface area contributed by atoms with Gasteiger partial charge in [-0.1, -0.05) is 39.7 Å². The summed E-state index contributed by atoms with van der Waals surface area (Å²) in [5, 5.41) is 3.44. The van der Waals surface area contributed by atoms with Crippen LogP contribution in [-0.4, -0.2) is 17.6 Å². The van der Waals surface area contributed by atoms with Crippen LogP contribution in [0.3, 0.4) is 0 Å². The van der Waals surface area contributed by atoms with Gasteiger partial charge in [0.1, 0.15) is 0 Å². The van der Waals surface area contributed by atoms with Crippen LogP contribution in [0.15, 0.2) is 18.3 Å². The first-order valence-electron chi connectivity index (χ1n) is 8.39. The van der Waals surface area contributed by atoms with E-state index in [9.17, 15) is 0 Å². The number of aromatic nitrogens is 1. The summed E-state index contributed by atoms with van der Waals surface area (Å²) in [6.45, 7) is 9.36. The molecular formula is C18H30N2O. The zero-order valence-electron chi connectivity index (χ0n) is 13.8. The molecule has 1 N–H and O–H groups in total. The zero-order chi connectivity index (χ0) is 15.1. The third kappa shape index (κ3) is 6.15. The van der Waals surface area contributed by atoms with Crippen molar-refractivity contribution in [1.29, 1.82) is 0 Å². The lowest BCUT2D eigenvalue weighted by molar-refractivity contribution is 0.00320. The van der Waals surface area contributed by atoms with Gasteiger partial charge in [0, 0.05) is 12.7 Å². The molecule has 3 heteroatoms. The summed E-state index contributed by atoms with van der Waals surface area (Å²) in [7, 11) is 0. The van der Waals surface area contributed by atoms with Gasteiger partial charge < -0.3 is 10.1 Å². The Kier molecular flexibility index (Phi) is 6.65. The first-order chi connectivity index (χ1) is 10.1. The van der Waals surface area contributed by atoms with E-state index in [4.69, 9.17) is 4.74 Å². The largest absolute Gasteiger partial charge is 0.372 e. The molecule has 0 radical (unpaired) electrons. The van der Waals surface area contributed by atoms with Gasteiger partial charge in [0.25, 0.3) is 0 Å². The molecule has 0 spiro atoms. The predicted octanol–water partition coefficient (Wildman–Crippen LogP) is 3.92. The van der Waals surface area contributed by atoms with Crippen LogP contribution in [-0.2, 0) is 17.9 Å². The molecule has 1 saturated carbocycles. The first kappa shape index (κ1) is 16.4. The first-order valence-corrected chi connectivity index (χ1v) is 8.39. The molecule has 1 fully saturated rings. The molecule has 1 aliphatic carbocycles. The van der Waals surface area contributed by atoms with Crippen molar-refractivity contribution in [3.63, 3.8) is 0 Å². The molecule has 2 rings (SSSR count). The van der Waals surface area contributed by atoms with Crippen molar-refractivity contribution in [1.82, 2.24) is 10.3 Å². The van der Waals surface area contributed by atoms with E-state index in [0.29, 0.717) is 18.6 Å². The zero-order valence-corrected chi connectivity index (χ0v) is 13.8. The Hall–Kier alpha value is -0.930. The van der Waals surface area contributed by atoms with E-state index in [-0.39, 0.29) is 0 Å². The Bertz CT molecular complexity index is 402. The lowest BCUT2D eigenvalue weighted by Crippen LogP contribution is -2.21. The highest BCUT2D eigenvalue weighted by atomic mass is 16.5. The Morgan fingerprint density at radius 1 is 1.33 bits per heavy atom. The maximum absolute atomic E-state index is 6.01. The average Bonchev–Trinajstić information content (AvgIpc) is 2.46. The summed E-state index contributed by atoms with van der Waals surface area (Å²) < 4.78 is 6.01. The molecule has 0 aromatic carbocycles. The quantitative estimate of drug-likeness (QED) is 0.826. The average molecular weight is 290 g/mol. The Balaban J connectivity index is 1.71. The standard InChI is InChI=1S/C18H30N2O/c1-14(2)10-19-11-16-7-8-17(20-12-16)13-21-18-6-4-5-15(3)9-18/h7-8,12,14-15,18-19H,4-6,9-11,13H2,1-3H3. The molecular weight excluding hydrogens is 260 g/mol. The molecule has 1 aromatic heterocycles. The molecule has 1 aromatic rings. The van der Waals surface area contributed by atoms with Gasteiger partial charge in [0.15, 0.2) is 0 Å². The predicted molar refractivity (Wildman–Crippen MR) is 87.0 cm³/mol. The molecule has 118 valence electrons. The van der Waals surface area contributed by atoms with Gasteiger partial charge in [0.2, 0.25) is 0 Å². The molecule has 1 heterocycles. The van der Waals surface area contributed by atoms with E-state index >= 15 is 0 Å². The van der Waals surface area contributed by atoms with Crippen LogP contribution in [0.25, 0.3) is 0 Å².